The molecule has 114 valence electrons. The van der Waals surface area contributed by atoms with Crippen molar-refractivity contribution < 1.29 is 9.90 Å². The lowest BCUT2D eigenvalue weighted by Gasteiger charge is -2.33. The molecule has 0 unspecified atom stereocenters. The molecule has 0 saturated carbocycles. The predicted molar refractivity (Wildman–Crippen MR) is 85.2 cm³/mol. The maximum Gasteiger partial charge on any atom is 0.407 e. The van der Waals surface area contributed by atoms with Crippen LogP contribution in [0.15, 0.2) is 0 Å². The van der Waals surface area contributed by atoms with Gasteiger partial charge in [-0.1, -0.05) is 39.0 Å². The Kier molecular flexibility index (Phi) is 10.2. The van der Waals surface area contributed by atoms with Gasteiger partial charge in [0.2, 0.25) is 0 Å². The van der Waals surface area contributed by atoms with Gasteiger partial charge < -0.3 is 10.0 Å². The molecule has 3 nitrogen and oxygen atoms in total. The highest BCUT2D eigenvalue weighted by Gasteiger charge is 2.25. The molecule has 0 spiro atoms. The Hall–Kier alpha value is -0.380. The van der Waals surface area contributed by atoms with Gasteiger partial charge in [-0.2, -0.15) is 11.8 Å². The standard InChI is InChI=1S/C15H31NO2S/c1-5-6-7-8-9-10-12-19-13-11-16(14(17)18)15(2,3)4/h5-13H2,1-4H3,(H,17,18). The van der Waals surface area contributed by atoms with E-state index in [0.717, 1.165) is 11.5 Å². The molecule has 0 bridgehead atoms. The van der Waals surface area contributed by atoms with Gasteiger partial charge in [0, 0.05) is 17.8 Å². The minimum Gasteiger partial charge on any atom is -0.465 e. The molecule has 1 amide bonds. The summed E-state index contributed by atoms with van der Waals surface area (Å²) in [5, 5.41) is 9.15. The normalized spacial score (nSPS) is 11.6. The zero-order valence-electron chi connectivity index (χ0n) is 13.1. The second-order valence-corrected chi connectivity index (χ2v) is 7.21. The Morgan fingerprint density at radius 1 is 1.05 bits per heavy atom. The summed E-state index contributed by atoms with van der Waals surface area (Å²) in [7, 11) is 0. The number of amides is 1. The van der Waals surface area contributed by atoms with Crippen molar-refractivity contribution in [2.45, 2.75) is 71.8 Å². The first-order chi connectivity index (χ1) is 8.89. The van der Waals surface area contributed by atoms with Gasteiger partial charge in [0.1, 0.15) is 0 Å². The number of carbonyl (C=O) groups is 1. The lowest BCUT2D eigenvalue weighted by atomic mass is 10.1. The van der Waals surface area contributed by atoms with Crippen LogP contribution in [0.2, 0.25) is 0 Å². The van der Waals surface area contributed by atoms with Crippen LogP contribution in [-0.2, 0) is 0 Å². The van der Waals surface area contributed by atoms with E-state index in [2.05, 4.69) is 6.92 Å². The molecule has 0 heterocycles. The van der Waals surface area contributed by atoms with Gasteiger partial charge in [-0.15, -0.1) is 0 Å². The molecule has 0 aliphatic carbocycles. The average Bonchev–Trinajstić information content (AvgIpc) is 2.29. The molecule has 19 heavy (non-hydrogen) atoms. The molecule has 0 radical (unpaired) electrons. The SMILES string of the molecule is CCCCCCCCSCCN(C(=O)O)C(C)(C)C. The van der Waals surface area contributed by atoms with Gasteiger partial charge >= 0.3 is 6.09 Å². The summed E-state index contributed by atoms with van der Waals surface area (Å²) in [6.07, 6.45) is 7.12. The number of hydrogen-bond donors (Lipinski definition) is 1. The summed E-state index contributed by atoms with van der Waals surface area (Å²) in [5.74, 6) is 2.06. The molecular formula is C15H31NO2S. The van der Waals surface area contributed by atoms with Crippen LogP contribution in [0.4, 0.5) is 4.79 Å². The molecule has 0 aromatic rings. The quantitative estimate of drug-likeness (QED) is 0.584. The van der Waals surface area contributed by atoms with Gasteiger partial charge in [0.25, 0.3) is 0 Å². The van der Waals surface area contributed by atoms with Crippen LogP contribution in [0.3, 0.4) is 0 Å². The summed E-state index contributed by atoms with van der Waals surface area (Å²) < 4.78 is 0. The van der Waals surface area contributed by atoms with Crippen molar-refractivity contribution in [3.8, 4) is 0 Å². The second-order valence-electron chi connectivity index (χ2n) is 5.99. The molecule has 0 atom stereocenters. The first-order valence-electron chi connectivity index (χ1n) is 7.48. The van der Waals surface area contributed by atoms with Gasteiger partial charge in [-0.3, -0.25) is 0 Å². The van der Waals surface area contributed by atoms with Crippen molar-refractivity contribution in [2.24, 2.45) is 0 Å². The van der Waals surface area contributed by atoms with Crippen molar-refractivity contribution in [3.63, 3.8) is 0 Å². The van der Waals surface area contributed by atoms with Crippen LogP contribution < -0.4 is 0 Å². The highest BCUT2D eigenvalue weighted by atomic mass is 32.2. The average molecular weight is 289 g/mol. The Morgan fingerprint density at radius 3 is 2.16 bits per heavy atom. The molecule has 0 saturated heterocycles. The maximum atomic E-state index is 11.1. The summed E-state index contributed by atoms with van der Waals surface area (Å²) in [5.41, 5.74) is -0.299. The Bertz CT molecular complexity index is 239. The molecule has 0 fully saturated rings. The zero-order chi connectivity index (χ0) is 14.7. The molecule has 0 aliphatic rings. The third-order valence-electron chi connectivity index (χ3n) is 3.14. The topological polar surface area (TPSA) is 40.5 Å². The van der Waals surface area contributed by atoms with Crippen LogP contribution in [0.1, 0.15) is 66.2 Å². The highest BCUT2D eigenvalue weighted by Crippen LogP contribution is 2.15. The van der Waals surface area contributed by atoms with Crippen molar-refractivity contribution in [1.29, 1.82) is 0 Å². The third-order valence-corrected chi connectivity index (χ3v) is 4.19. The largest absolute Gasteiger partial charge is 0.465 e. The fourth-order valence-corrected chi connectivity index (χ4v) is 2.88. The molecule has 4 heteroatoms. The van der Waals surface area contributed by atoms with Crippen molar-refractivity contribution >= 4 is 17.9 Å². The fraction of sp³-hybridized carbons (Fsp3) is 0.933. The number of carboxylic acid groups (broad SMARTS) is 1. The lowest BCUT2D eigenvalue weighted by Crippen LogP contribution is -2.46. The van der Waals surface area contributed by atoms with E-state index in [-0.39, 0.29) is 5.54 Å². The monoisotopic (exact) mass is 289 g/mol. The number of hydrogen-bond acceptors (Lipinski definition) is 2. The van der Waals surface area contributed by atoms with Crippen molar-refractivity contribution in [3.05, 3.63) is 0 Å². The van der Waals surface area contributed by atoms with E-state index >= 15 is 0 Å². The van der Waals surface area contributed by atoms with E-state index in [9.17, 15) is 4.79 Å². The minimum absolute atomic E-state index is 0.299. The Morgan fingerprint density at radius 2 is 1.63 bits per heavy atom. The molecule has 0 rings (SSSR count). The Balaban J connectivity index is 3.54. The van der Waals surface area contributed by atoms with E-state index in [1.165, 1.54) is 43.4 Å². The van der Waals surface area contributed by atoms with Crippen molar-refractivity contribution in [1.82, 2.24) is 4.90 Å². The number of nitrogens with zero attached hydrogens (tertiary/aromatic N) is 1. The number of unbranched alkanes of at least 4 members (excludes halogenated alkanes) is 5. The smallest absolute Gasteiger partial charge is 0.407 e. The molecule has 0 aromatic carbocycles. The zero-order valence-corrected chi connectivity index (χ0v) is 13.9. The number of thioether (sulfide) groups is 1. The third kappa shape index (κ3) is 10.1. The second kappa shape index (κ2) is 10.4. The predicted octanol–water partition coefficient (Wildman–Crippen LogP) is 4.86. The molecular weight excluding hydrogens is 258 g/mol. The molecule has 1 N–H and O–H groups in total. The van der Waals surface area contributed by atoms with E-state index in [4.69, 9.17) is 5.11 Å². The van der Waals surface area contributed by atoms with Crippen LogP contribution in [-0.4, -0.2) is 39.7 Å². The summed E-state index contributed by atoms with van der Waals surface area (Å²) in [6.45, 7) is 8.69. The summed E-state index contributed by atoms with van der Waals surface area (Å²) in [4.78, 5) is 12.7. The van der Waals surface area contributed by atoms with E-state index in [1.807, 2.05) is 32.5 Å². The minimum atomic E-state index is -0.812. The highest BCUT2D eigenvalue weighted by molar-refractivity contribution is 7.99. The van der Waals surface area contributed by atoms with Gasteiger partial charge in [-0.25, -0.2) is 4.79 Å². The van der Waals surface area contributed by atoms with Crippen molar-refractivity contribution in [2.75, 3.05) is 18.1 Å². The van der Waals surface area contributed by atoms with Gasteiger partial charge in [0.05, 0.1) is 0 Å². The lowest BCUT2D eigenvalue weighted by molar-refractivity contribution is 0.105. The van der Waals surface area contributed by atoms with E-state index in [0.29, 0.717) is 6.54 Å². The molecule has 0 aliphatic heterocycles. The van der Waals surface area contributed by atoms with Gasteiger partial charge in [0.15, 0.2) is 0 Å². The van der Waals surface area contributed by atoms with Gasteiger partial charge in [-0.05, 0) is 32.9 Å². The summed E-state index contributed by atoms with van der Waals surface area (Å²) >= 11 is 1.87. The number of rotatable bonds is 10. The Labute approximate surface area is 123 Å². The van der Waals surface area contributed by atoms with E-state index in [1.54, 1.807) is 0 Å². The first kappa shape index (κ1) is 18.6. The fourth-order valence-electron chi connectivity index (χ4n) is 1.96. The first-order valence-corrected chi connectivity index (χ1v) is 8.63. The van der Waals surface area contributed by atoms with E-state index < -0.39 is 6.09 Å². The van der Waals surface area contributed by atoms with Crippen LogP contribution in [0, 0.1) is 0 Å². The summed E-state index contributed by atoms with van der Waals surface area (Å²) in [6, 6.07) is 0. The van der Waals surface area contributed by atoms with Crippen LogP contribution in [0.25, 0.3) is 0 Å². The van der Waals surface area contributed by atoms with Crippen LogP contribution in [0.5, 0.6) is 0 Å². The molecule has 0 aromatic heterocycles. The maximum absolute atomic E-state index is 11.1. The van der Waals surface area contributed by atoms with Crippen LogP contribution >= 0.6 is 11.8 Å².